The molecule has 24 heavy (non-hydrogen) atoms. The summed E-state index contributed by atoms with van der Waals surface area (Å²) in [6.45, 7) is 3.96. The Labute approximate surface area is 140 Å². The van der Waals surface area contributed by atoms with E-state index in [1.165, 1.54) is 0 Å². The lowest BCUT2D eigenvalue weighted by molar-refractivity contribution is 0.102. The van der Waals surface area contributed by atoms with Gasteiger partial charge in [-0.15, -0.1) is 0 Å². The number of H-pyrrole nitrogens is 1. The summed E-state index contributed by atoms with van der Waals surface area (Å²) in [5, 5.41) is 9.89. The van der Waals surface area contributed by atoms with Crippen molar-refractivity contribution >= 4 is 11.6 Å². The molecule has 0 aliphatic heterocycles. The molecule has 1 aromatic heterocycles. The molecule has 0 fully saturated rings. The fourth-order valence-electron chi connectivity index (χ4n) is 2.50. The van der Waals surface area contributed by atoms with Gasteiger partial charge in [0.2, 0.25) is 0 Å². The summed E-state index contributed by atoms with van der Waals surface area (Å²) < 4.78 is 5.16. The van der Waals surface area contributed by atoms with Crippen LogP contribution in [0, 0.1) is 13.8 Å². The largest absolute Gasteiger partial charge is 0.497 e. The number of rotatable bonds is 4. The number of benzene rings is 2. The molecule has 1 heterocycles. The predicted octanol–water partition coefficient (Wildman–Crippen LogP) is 3.95. The molecule has 2 aromatic carbocycles. The molecule has 0 bridgehead atoms. The number of carbonyl (C=O) groups excluding carboxylic acids is 1. The molecular formula is C19H19N3O2. The standard InChI is InChI=1S/C19H19N3O2/c1-12-4-5-13(2)17(10-12)21-19(23)16-11-20-22-18(16)14-6-8-15(24-3)9-7-14/h4-11H,1-3H3,(H,20,22)(H,21,23). The zero-order valence-corrected chi connectivity index (χ0v) is 13.9. The number of hydrogen-bond donors (Lipinski definition) is 2. The van der Waals surface area contributed by atoms with Gasteiger partial charge in [0.1, 0.15) is 5.75 Å². The summed E-state index contributed by atoms with van der Waals surface area (Å²) >= 11 is 0. The van der Waals surface area contributed by atoms with E-state index in [4.69, 9.17) is 4.74 Å². The summed E-state index contributed by atoms with van der Waals surface area (Å²) in [5.74, 6) is 0.572. The number of anilines is 1. The van der Waals surface area contributed by atoms with Crippen LogP contribution in [0.25, 0.3) is 11.3 Å². The maximum absolute atomic E-state index is 12.7. The van der Waals surface area contributed by atoms with E-state index < -0.39 is 0 Å². The van der Waals surface area contributed by atoms with Gasteiger partial charge in [0.25, 0.3) is 5.91 Å². The highest BCUT2D eigenvalue weighted by molar-refractivity contribution is 6.08. The number of ether oxygens (including phenoxy) is 1. The van der Waals surface area contributed by atoms with Crippen LogP contribution in [0.2, 0.25) is 0 Å². The normalized spacial score (nSPS) is 10.5. The summed E-state index contributed by atoms with van der Waals surface area (Å²) in [4.78, 5) is 12.7. The van der Waals surface area contributed by atoms with Gasteiger partial charge in [-0.25, -0.2) is 0 Å². The van der Waals surface area contributed by atoms with Gasteiger partial charge in [-0.2, -0.15) is 5.10 Å². The van der Waals surface area contributed by atoms with Crippen LogP contribution in [0.5, 0.6) is 5.75 Å². The Morgan fingerprint density at radius 3 is 2.58 bits per heavy atom. The average Bonchev–Trinajstić information content (AvgIpc) is 3.08. The number of nitrogens with zero attached hydrogens (tertiary/aromatic N) is 1. The van der Waals surface area contributed by atoms with Gasteiger partial charge in [-0.1, -0.05) is 12.1 Å². The van der Waals surface area contributed by atoms with E-state index >= 15 is 0 Å². The van der Waals surface area contributed by atoms with E-state index in [2.05, 4.69) is 15.5 Å². The van der Waals surface area contributed by atoms with Crippen LogP contribution in [-0.4, -0.2) is 23.2 Å². The Morgan fingerprint density at radius 2 is 1.88 bits per heavy atom. The molecular weight excluding hydrogens is 302 g/mol. The van der Waals surface area contributed by atoms with Gasteiger partial charge in [0.15, 0.2) is 0 Å². The minimum atomic E-state index is -0.191. The van der Waals surface area contributed by atoms with Crippen LogP contribution in [0.15, 0.2) is 48.7 Å². The van der Waals surface area contributed by atoms with Gasteiger partial charge in [-0.05, 0) is 55.3 Å². The lowest BCUT2D eigenvalue weighted by atomic mass is 10.1. The second-order valence-electron chi connectivity index (χ2n) is 5.66. The molecule has 5 nitrogen and oxygen atoms in total. The van der Waals surface area contributed by atoms with E-state index in [0.29, 0.717) is 11.3 Å². The third-order valence-electron chi connectivity index (χ3n) is 3.90. The topological polar surface area (TPSA) is 67.0 Å². The molecule has 122 valence electrons. The van der Waals surface area contributed by atoms with Crippen LogP contribution in [-0.2, 0) is 0 Å². The number of aromatic amines is 1. The SMILES string of the molecule is COc1ccc(-c2[nH]ncc2C(=O)Nc2cc(C)ccc2C)cc1. The average molecular weight is 321 g/mol. The maximum atomic E-state index is 12.7. The number of aromatic nitrogens is 2. The first kappa shape index (κ1) is 15.8. The highest BCUT2D eigenvalue weighted by Gasteiger charge is 2.16. The van der Waals surface area contributed by atoms with Crippen molar-refractivity contribution < 1.29 is 9.53 Å². The highest BCUT2D eigenvalue weighted by Crippen LogP contribution is 2.25. The first-order chi connectivity index (χ1) is 11.6. The Kier molecular flexibility index (Phi) is 4.33. The fraction of sp³-hybridized carbons (Fsp3) is 0.158. The smallest absolute Gasteiger partial charge is 0.259 e. The van der Waals surface area contributed by atoms with E-state index in [-0.39, 0.29) is 5.91 Å². The molecule has 0 saturated carbocycles. The molecule has 0 aliphatic carbocycles. The van der Waals surface area contributed by atoms with Crippen molar-refractivity contribution in [1.29, 1.82) is 0 Å². The minimum absolute atomic E-state index is 0.191. The molecule has 0 atom stereocenters. The van der Waals surface area contributed by atoms with Crippen molar-refractivity contribution in [3.8, 4) is 17.0 Å². The van der Waals surface area contributed by atoms with Gasteiger partial charge < -0.3 is 10.1 Å². The van der Waals surface area contributed by atoms with Gasteiger partial charge >= 0.3 is 0 Å². The van der Waals surface area contributed by atoms with Crippen molar-refractivity contribution in [1.82, 2.24) is 10.2 Å². The van der Waals surface area contributed by atoms with Crippen LogP contribution >= 0.6 is 0 Å². The Hall–Kier alpha value is -3.08. The molecule has 0 aliphatic rings. The van der Waals surface area contributed by atoms with Gasteiger partial charge in [-0.3, -0.25) is 9.89 Å². The van der Waals surface area contributed by atoms with Crippen molar-refractivity contribution in [2.45, 2.75) is 13.8 Å². The number of amides is 1. The second kappa shape index (κ2) is 6.58. The molecule has 0 saturated heterocycles. The summed E-state index contributed by atoms with van der Waals surface area (Å²) in [6.07, 6.45) is 1.54. The predicted molar refractivity (Wildman–Crippen MR) is 94.4 cm³/mol. The van der Waals surface area contributed by atoms with Crippen molar-refractivity contribution in [3.05, 3.63) is 65.4 Å². The number of nitrogens with one attached hydrogen (secondary N) is 2. The second-order valence-corrected chi connectivity index (χ2v) is 5.66. The molecule has 5 heteroatoms. The van der Waals surface area contributed by atoms with E-state index in [1.807, 2.05) is 56.3 Å². The lowest BCUT2D eigenvalue weighted by Gasteiger charge is -2.10. The zero-order valence-electron chi connectivity index (χ0n) is 13.9. The van der Waals surface area contributed by atoms with Crippen molar-refractivity contribution in [3.63, 3.8) is 0 Å². The summed E-state index contributed by atoms with van der Waals surface area (Å²) in [7, 11) is 1.62. The first-order valence-corrected chi connectivity index (χ1v) is 7.65. The number of carbonyl (C=O) groups is 1. The Bertz CT molecular complexity index is 867. The summed E-state index contributed by atoms with van der Waals surface area (Å²) in [5.41, 5.74) is 4.98. The Balaban J connectivity index is 1.88. The fourth-order valence-corrected chi connectivity index (χ4v) is 2.50. The molecule has 1 amide bonds. The van der Waals surface area contributed by atoms with Crippen LogP contribution in [0.4, 0.5) is 5.69 Å². The van der Waals surface area contributed by atoms with E-state index in [9.17, 15) is 4.79 Å². The van der Waals surface area contributed by atoms with E-state index in [0.717, 1.165) is 28.1 Å². The zero-order chi connectivity index (χ0) is 17.1. The van der Waals surface area contributed by atoms with Gasteiger partial charge in [0, 0.05) is 11.3 Å². The van der Waals surface area contributed by atoms with Gasteiger partial charge in [0.05, 0.1) is 24.6 Å². The third kappa shape index (κ3) is 3.15. The molecule has 0 unspecified atom stereocenters. The van der Waals surface area contributed by atoms with E-state index in [1.54, 1.807) is 13.3 Å². The number of methoxy groups -OCH3 is 1. The van der Waals surface area contributed by atoms with Crippen molar-refractivity contribution in [2.75, 3.05) is 12.4 Å². The molecule has 0 radical (unpaired) electrons. The van der Waals surface area contributed by atoms with Crippen LogP contribution in [0.1, 0.15) is 21.5 Å². The minimum Gasteiger partial charge on any atom is -0.497 e. The van der Waals surface area contributed by atoms with Crippen LogP contribution < -0.4 is 10.1 Å². The first-order valence-electron chi connectivity index (χ1n) is 7.65. The Morgan fingerprint density at radius 1 is 1.12 bits per heavy atom. The monoisotopic (exact) mass is 321 g/mol. The third-order valence-corrected chi connectivity index (χ3v) is 3.90. The molecule has 3 aromatic rings. The lowest BCUT2D eigenvalue weighted by Crippen LogP contribution is -2.13. The molecule has 0 spiro atoms. The molecule has 3 rings (SSSR count). The maximum Gasteiger partial charge on any atom is 0.259 e. The van der Waals surface area contributed by atoms with Crippen molar-refractivity contribution in [2.24, 2.45) is 0 Å². The number of aryl methyl sites for hydroxylation is 2. The summed E-state index contributed by atoms with van der Waals surface area (Å²) in [6, 6.07) is 13.4. The molecule has 2 N–H and O–H groups in total. The van der Waals surface area contributed by atoms with Crippen LogP contribution in [0.3, 0.4) is 0 Å². The highest BCUT2D eigenvalue weighted by atomic mass is 16.5. The quantitative estimate of drug-likeness (QED) is 0.764. The number of hydrogen-bond acceptors (Lipinski definition) is 3.